The zero-order valence-electron chi connectivity index (χ0n) is 18.7. The zero-order valence-corrected chi connectivity index (χ0v) is 18.7. The molecule has 9 nitrogen and oxygen atoms in total. The highest BCUT2D eigenvalue weighted by Gasteiger charge is 2.27. The van der Waals surface area contributed by atoms with Crippen LogP contribution in [0.2, 0.25) is 0 Å². The lowest BCUT2D eigenvalue weighted by atomic mass is 10.1. The molecule has 1 aliphatic heterocycles. The molecule has 0 spiro atoms. The number of aryl methyl sites for hydroxylation is 1. The smallest absolute Gasteiger partial charge is 0.341 e. The average molecular weight is 468 g/mol. The number of nitrogens with one attached hydrogen (secondary N) is 2. The predicted molar refractivity (Wildman–Crippen MR) is 123 cm³/mol. The zero-order chi connectivity index (χ0) is 23.8. The molecule has 2 aromatic heterocycles. The molecule has 178 valence electrons. The van der Waals surface area contributed by atoms with Gasteiger partial charge in [0.1, 0.15) is 17.1 Å². The van der Waals surface area contributed by atoms with E-state index in [0.717, 1.165) is 41.5 Å². The maximum absolute atomic E-state index is 14.8. The van der Waals surface area contributed by atoms with E-state index in [-0.39, 0.29) is 29.5 Å². The lowest BCUT2D eigenvalue weighted by molar-refractivity contribution is -0.0177. The Morgan fingerprint density at radius 3 is 2.91 bits per heavy atom. The number of pyridine rings is 2. The summed E-state index contributed by atoms with van der Waals surface area (Å²) in [6.07, 6.45) is 4.97. The first-order valence-electron chi connectivity index (χ1n) is 11.2. The van der Waals surface area contributed by atoms with Gasteiger partial charge in [-0.05, 0) is 37.5 Å². The quantitative estimate of drug-likeness (QED) is 0.433. The Morgan fingerprint density at radius 2 is 2.15 bits per heavy atom. The Hall–Kier alpha value is -3.50. The van der Waals surface area contributed by atoms with Crippen LogP contribution in [0, 0.1) is 12.7 Å². The summed E-state index contributed by atoms with van der Waals surface area (Å²) < 4.78 is 27.5. The summed E-state index contributed by atoms with van der Waals surface area (Å²) in [4.78, 5) is 28.4. The summed E-state index contributed by atoms with van der Waals surface area (Å²) in [6.45, 7) is 4.15. The number of ether oxygens (including phenoxy) is 2. The minimum atomic E-state index is -1.31. The van der Waals surface area contributed by atoms with E-state index in [1.807, 2.05) is 6.92 Å². The Morgan fingerprint density at radius 1 is 1.32 bits per heavy atom. The third-order valence-corrected chi connectivity index (χ3v) is 6.16. The van der Waals surface area contributed by atoms with E-state index in [4.69, 9.17) is 9.47 Å². The van der Waals surface area contributed by atoms with Crippen molar-refractivity contribution in [1.82, 2.24) is 14.9 Å². The standard InChI is InChI=1S/C24H25FN4O5/c1-13-23-18(11-33-12-34-23)14(9-28-13)8-26-4-5-27-20-7-21-16(6-19(20)25)22(30)17(24(31)32)10-29(21)15-2-3-15/h6-7,9-10,15,26-27H,2-5,8,11-12H2,1H3,(H,31,32). The van der Waals surface area contributed by atoms with E-state index in [1.54, 1.807) is 16.8 Å². The average Bonchev–Trinajstić information content (AvgIpc) is 3.66. The molecular formula is C24H25FN4O5. The van der Waals surface area contributed by atoms with Gasteiger partial charge >= 0.3 is 5.97 Å². The third kappa shape index (κ3) is 4.22. The molecule has 1 aliphatic carbocycles. The van der Waals surface area contributed by atoms with E-state index in [1.165, 1.54) is 6.20 Å². The molecule has 34 heavy (non-hydrogen) atoms. The molecule has 0 unspecified atom stereocenters. The van der Waals surface area contributed by atoms with Crippen molar-refractivity contribution < 1.29 is 23.8 Å². The van der Waals surface area contributed by atoms with Crippen molar-refractivity contribution in [3.63, 3.8) is 0 Å². The number of carboxylic acids is 1. The second-order valence-corrected chi connectivity index (χ2v) is 8.56. The topological polar surface area (TPSA) is 115 Å². The van der Waals surface area contributed by atoms with Crippen LogP contribution < -0.4 is 20.8 Å². The van der Waals surface area contributed by atoms with Crippen LogP contribution in [0.5, 0.6) is 5.75 Å². The number of hydrogen-bond acceptors (Lipinski definition) is 7. The van der Waals surface area contributed by atoms with E-state index >= 15 is 0 Å². The van der Waals surface area contributed by atoms with Gasteiger partial charge in [-0.3, -0.25) is 9.78 Å². The lowest BCUT2D eigenvalue weighted by Crippen LogP contribution is -2.24. The van der Waals surface area contributed by atoms with Crippen molar-refractivity contribution in [3.05, 3.63) is 63.0 Å². The fourth-order valence-corrected chi connectivity index (χ4v) is 4.24. The largest absolute Gasteiger partial charge is 0.477 e. The van der Waals surface area contributed by atoms with Gasteiger partial charge in [-0.2, -0.15) is 0 Å². The Balaban J connectivity index is 1.28. The molecule has 2 aliphatic rings. The number of halogens is 1. The first-order valence-corrected chi connectivity index (χ1v) is 11.2. The number of anilines is 1. The summed E-state index contributed by atoms with van der Waals surface area (Å²) in [5, 5.41) is 15.8. The molecule has 0 atom stereocenters. The maximum Gasteiger partial charge on any atom is 0.341 e. The highest BCUT2D eigenvalue weighted by Crippen LogP contribution is 2.37. The summed E-state index contributed by atoms with van der Waals surface area (Å²) in [5.41, 5.74) is 2.59. The van der Waals surface area contributed by atoms with Crippen LogP contribution in [0.1, 0.15) is 46.1 Å². The number of aromatic carboxylic acids is 1. The van der Waals surface area contributed by atoms with Gasteiger partial charge in [0, 0.05) is 49.0 Å². The van der Waals surface area contributed by atoms with E-state index in [2.05, 4.69) is 15.6 Å². The highest BCUT2D eigenvalue weighted by atomic mass is 19.1. The second-order valence-electron chi connectivity index (χ2n) is 8.56. The number of fused-ring (bicyclic) bond motifs is 2. The number of aromatic nitrogens is 2. The van der Waals surface area contributed by atoms with Crippen LogP contribution in [-0.4, -0.2) is 40.5 Å². The van der Waals surface area contributed by atoms with Crippen molar-refractivity contribution in [2.75, 3.05) is 25.2 Å². The Labute approximate surface area is 194 Å². The lowest BCUT2D eigenvalue weighted by Gasteiger charge is -2.22. The van der Waals surface area contributed by atoms with Gasteiger partial charge in [-0.25, -0.2) is 9.18 Å². The van der Waals surface area contributed by atoms with Gasteiger partial charge in [0.05, 0.1) is 23.5 Å². The van der Waals surface area contributed by atoms with Gasteiger partial charge in [0.2, 0.25) is 5.43 Å². The van der Waals surface area contributed by atoms with Gasteiger partial charge in [-0.1, -0.05) is 0 Å². The van der Waals surface area contributed by atoms with E-state index < -0.39 is 17.2 Å². The van der Waals surface area contributed by atoms with Crippen LogP contribution in [-0.2, 0) is 17.9 Å². The molecule has 5 rings (SSSR count). The van der Waals surface area contributed by atoms with Gasteiger partial charge in [0.25, 0.3) is 0 Å². The second kappa shape index (κ2) is 9.03. The molecular weight excluding hydrogens is 443 g/mol. The summed E-state index contributed by atoms with van der Waals surface area (Å²) >= 11 is 0. The molecule has 1 aromatic carbocycles. The normalized spacial score (nSPS) is 15.1. The molecule has 3 heterocycles. The third-order valence-electron chi connectivity index (χ3n) is 6.16. The molecule has 0 radical (unpaired) electrons. The first kappa shape index (κ1) is 22.3. The molecule has 3 N–H and O–H groups in total. The van der Waals surface area contributed by atoms with E-state index in [9.17, 15) is 19.1 Å². The van der Waals surface area contributed by atoms with Crippen molar-refractivity contribution >= 4 is 22.6 Å². The Kier molecular flexibility index (Phi) is 5.93. The van der Waals surface area contributed by atoms with Crippen molar-refractivity contribution in [2.24, 2.45) is 0 Å². The number of nitrogens with zero attached hydrogens (tertiary/aromatic N) is 2. The van der Waals surface area contributed by atoms with Gasteiger partial charge in [0.15, 0.2) is 6.79 Å². The van der Waals surface area contributed by atoms with Crippen LogP contribution in [0.25, 0.3) is 10.9 Å². The molecule has 1 fully saturated rings. The fraction of sp³-hybridized carbons (Fsp3) is 0.375. The maximum atomic E-state index is 14.8. The first-order chi connectivity index (χ1) is 16.4. The molecule has 3 aromatic rings. The monoisotopic (exact) mass is 468 g/mol. The minimum absolute atomic E-state index is 0.0778. The number of carbonyl (C=O) groups is 1. The van der Waals surface area contributed by atoms with Crippen LogP contribution >= 0.6 is 0 Å². The number of rotatable bonds is 8. The molecule has 0 amide bonds. The van der Waals surface area contributed by atoms with Crippen molar-refractivity contribution in [1.29, 1.82) is 0 Å². The van der Waals surface area contributed by atoms with Gasteiger partial charge < -0.3 is 29.8 Å². The summed E-state index contributed by atoms with van der Waals surface area (Å²) in [6, 6.07) is 2.84. The van der Waals surface area contributed by atoms with Crippen molar-refractivity contribution in [2.45, 2.75) is 39.0 Å². The van der Waals surface area contributed by atoms with Crippen LogP contribution in [0.15, 0.2) is 29.3 Å². The Bertz CT molecular complexity index is 1340. The summed E-state index contributed by atoms with van der Waals surface area (Å²) in [5.74, 6) is -1.13. The van der Waals surface area contributed by atoms with Crippen LogP contribution in [0.3, 0.4) is 0 Å². The highest BCUT2D eigenvalue weighted by molar-refractivity contribution is 5.93. The minimum Gasteiger partial charge on any atom is -0.477 e. The SMILES string of the molecule is Cc1ncc(CNCCNc2cc3c(cc2F)c(=O)c(C(=O)O)cn3C2CC2)c2c1OCOC2. The number of hydrogen-bond donors (Lipinski definition) is 3. The molecule has 10 heteroatoms. The molecule has 1 saturated carbocycles. The van der Waals surface area contributed by atoms with Crippen molar-refractivity contribution in [3.8, 4) is 5.75 Å². The van der Waals surface area contributed by atoms with E-state index in [0.29, 0.717) is 31.8 Å². The fourth-order valence-electron chi connectivity index (χ4n) is 4.24. The number of benzene rings is 1. The molecule has 0 bridgehead atoms. The predicted octanol–water partition coefficient (Wildman–Crippen LogP) is 2.95. The van der Waals surface area contributed by atoms with Crippen LogP contribution in [0.4, 0.5) is 10.1 Å². The summed E-state index contributed by atoms with van der Waals surface area (Å²) in [7, 11) is 0. The van der Waals surface area contributed by atoms with Gasteiger partial charge in [-0.15, -0.1) is 0 Å². The molecule has 0 saturated heterocycles. The number of carboxylic acid groups (broad SMARTS) is 1.